The first kappa shape index (κ1) is 17.2. The summed E-state index contributed by atoms with van der Waals surface area (Å²) in [6, 6.07) is 11.6. The molecule has 0 N–H and O–H groups in total. The molecule has 1 amide bonds. The Hall–Kier alpha value is -1.62. The number of halogens is 2. The maximum Gasteiger partial charge on any atom is 0.274 e. The highest BCUT2D eigenvalue weighted by molar-refractivity contribution is 6.34. The normalized spacial score (nSPS) is 15.5. The summed E-state index contributed by atoms with van der Waals surface area (Å²) in [6.07, 6.45) is 0. The molecule has 1 saturated heterocycles. The molecule has 0 atom stereocenters. The van der Waals surface area contributed by atoms with Crippen molar-refractivity contribution >= 4 is 29.1 Å². The van der Waals surface area contributed by atoms with E-state index in [4.69, 9.17) is 23.2 Å². The van der Waals surface area contributed by atoms with Crippen molar-refractivity contribution in [3.8, 4) is 0 Å². The van der Waals surface area contributed by atoms with Crippen molar-refractivity contribution in [2.45, 2.75) is 13.5 Å². The predicted molar refractivity (Wildman–Crippen MR) is 96.6 cm³/mol. The van der Waals surface area contributed by atoms with Gasteiger partial charge in [0.25, 0.3) is 5.91 Å². The Morgan fingerprint density at radius 3 is 2.50 bits per heavy atom. The van der Waals surface area contributed by atoms with E-state index in [0.29, 0.717) is 18.1 Å². The number of pyridine rings is 1. The van der Waals surface area contributed by atoms with Gasteiger partial charge in [0.1, 0.15) is 10.8 Å². The average molecular weight is 364 g/mol. The van der Waals surface area contributed by atoms with Crippen LogP contribution in [0.15, 0.2) is 36.4 Å². The van der Waals surface area contributed by atoms with Gasteiger partial charge < -0.3 is 4.90 Å². The van der Waals surface area contributed by atoms with Crippen molar-refractivity contribution in [2.75, 3.05) is 26.2 Å². The second-order valence-electron chi connectivity index (χ2n) is 5.96. The summed E-state index contributed by atoms with van der Waals surface area (Å²) < 4.78 is 0. The summed E-state index contributed by atoms with van der Waals surface area (Å²) in [5, 5.41) is 0.618. The van der Waals surface area contributed by atoms with Crippen LogP contribution in [-0.4, -0.2) is 46.9 Å². The summed E-state index contributed by atoms with van der Waals surface area (Å²) >= 11 is 12.0. The van der Waals surface area contributed by atoms with E-state index in [1.807, 2.05) is 0 Å². The van der Waals surface area contributed by atoms with E-state index in [9.17, 15) is 4.79 Å². The van der Waals surface area contributed by atoms with Gasteiger partial charge in [0, 0.05) is 32.7 Å². The second-order valence-corrected chi connectivity index (χ2v) is 6.75. The molecule has 0 spiro atoms. The molecule has 2 heterocycles. The zero-order valence-corrected chi connectivity index (χ0v) is 15.0. The second kappa shape index (κ2) is 7.51. The number of carbonyl (C=O) groups is 1. The molecule has 0 aliphatic carbocycles. The van der Waals surface area contributed by atoms with Crippen molar-refractivity contribution < 1.29 is 4.79 Å². The molecule has 6 heteroatoms. The molecule has 0 unspecified atom stereocenters. The molecule has 0 saturated carbocycles. The molecule has 3 rings (SSSR count). The summed E-state index contributed by atoms with van der Waals surface area (Å²) in [4.78, 5) is 20.8. The number of rotatable bonds is 3. The van der Waals surface area contributed by atoms with Crippen LogP contribution in [-0.2, 0) is 6.54 Å². The minimum Gasteiger partial charge on any atom is -0.335 e. The van der Waals surface area contributed by atoms with Crippen LogP contribution in [0.25, 0.3) is 0 Å². The summed E-state index contributed by atoms with van der Waals surface area (Å²) in [5.74, 6) is -0.155. The summed E-state index contributed by atoms with van der Waals surface area (Å²) in [5.41, 5.74) is 2.86. The number of amides is 1. The maximum atomic E-state index is 12.6. The van der Waals surface area contributed by atoms with E-state index in [2.05, 4.69) is 41.1 Å². The lowest BCUT2D eigenvalue weighted by Crippen LogP contribution is -2.48. The highest BCUT2D eigenvalue weighted by Gasteiger charge is 2.25. The first-order chi connectivity index (χ1) is 11.5. The van der Waals surface area contributed by atoms with Crippen LogP contribution in [0.3, 0.4) is 0 Å². The zero-order chi connectivity index (χ0) is 17.1. The fraction of sp³-hybridized carbons (Fsp3) is 0.333. The van der Waals surface area contributed by atoms with Gasteiger partial charge in [-0.3, -0.25) is 9.69 Å². The van der Waals surface area contributed by atoms with Crippen LogP contribution in [0.1, 0.15) is 21.6 Å². The predicted octanol–water partition coefficient (Wildman–Crippen LogP) is 3.65. The molecule has 1 aromatic heterocycles. The van der Waals surface area contributed by atoms with Crippen molar-refractivity contribution in [2.24, 2.45) is 0 Å². The van der Waals surface area contributed by atoms with Gasteiger partial charge in [-0.1, -0.05) is 47.5 Å². The number of benzene rings is 1. The highest BCUT2D eigenvalue weighted by atomic mass is 35.5. The van der Waals surface area contributed by atoms with Gasteiger partial charge >= 0.3 is 0 Å². The van der Waals surface area contributed by atoms with Gasteiger partial charge in [0.15, 0.2) is 0 Å². The number of hydrogen-bond donors (Lipinski definition) is 0. The quantitative estimate of drug-likeness (QED) is 0.780. The van der Waals surface area contributed by atoms with Crippen molar-refractivity contribution in [1.29, 1.82) is 0 Å². The topological polar surface area (TPSA) is 36.4 Å². The Labute approximate surface area is 152 Å². The average Bonchev–Trinajstić information content (AvgIpc) is 2.59. The summed E-state index contributed by atoms with van der Waals surface area (Å²) in [7, 11) is 0. The van der Waals surface area contributed by atoms with Crippen LogP contribution in [0.5, 0.6) is 0 Å². The molecule has 24 heavy (non-hydrogen) atoms. The van der Waals surface area contributed by atoms with E-state index in [1.54, 1.807) is 17.0 Å². The molecule has 0 radical (unpaired) electrons. The fourth-order valence-electron chi connectivity index (χ4n) is 2.86. The molecule has 4 nitrogen and oxygen atoms in total. The molecule has 1 aliphatic rings. The molecular formula is C18H19Cl2N3O. The molecule has 0 bridgehead atoms. The zero-order valence-electron chi connectivity index (χ0n) is 13.5. The first-order valence-electron chi connectivity index (χ1n) is 7.93. The van der Waals surface area contributed by atoms with E-state index < -0.39 is 0 Å². The SMILES string of the molecule is Cc1ccccc1CN1CCN(C(=O)c2nc(Cl)ccc2Cl)CC1. The van der Waals surface area contributed by atoms with Gasteiger partial charge in [-0.2, -0.15) is 0 Å². The van der Waals surface area contributed by atoms with Gasteiger partial charge in [-0.05, 0) is 30.2 Å². The third-order valence-corrected chi connectivity index (χ3v) is 4.84. The third-order valence-electron chi connectivity index (χ3n) is 4.33. The van der Waals surface area contributed by atoms with Crippen LogP contribution in [0.2, 0.25) is 10.2 Å². The molecule has 126 valence electrons. The molecule has 1 aliphatic heterocycles. The minimum absolute atomic E-state index is 0.155. The minimum atomic E-state index is -0.155. The lowest BCUT2D eigenvalue weighted by Gasteiger charge is -2.35. The van der Waals surface area contributed by atoms with Crippen LogP contribution >= 0.6 is 23.2 Å². The fourth-order valence-corrected chi connectivity index (χ4v) is 3.19. The van der Waals surface area contributed by atoms with Crippen molar-refractivity contribution in [3.63, 3.8) is 0 Å². The van der Waals surface area contributed by atoms with Crippen molar-refractivity contribution in [3.05, 3.63) is 63.4 Å². The standard InChI is InChI=1S/C18H19Cl2N3O/c1-13-4-2-3-5-14(13)12-22-8-10-23(11-9-22)18(24)17-15(19)6-7-16(20)21-17/h2-7H,8-12H2,1H3. The smallest absolute Gasteiger partial charge is 0.274 e. The molecular weight excluding hydrogens is 345 g/mol. The lowest BCUT2D eigenvalue weighted by molar-refractivity contribution is 0.0622. The van der Waals surface area contributed by atoms with Gasteiger partial charge in [-0.15, -0.1) is 0 Å². The van der Waals surface area contributed by atoms with Crippen LogP contribution in [0, 0.1) is 6.92 Å². The number of aryl methyl sites for hydroxylation is 1. The maximum absolute atomic E-state index is 12.6. The Kier molecular flexibility index (Phi) is 5.39. The highest BCUT2D eigenvalue weighted by Crippen LogP contribution is 2.20. The van der Waals surface area contributed by atoms with Gasteiger partial charge in [0.05, 0.1) is 5.02 Å². The molecule has 2 aromatic rings. The van der Waals surface area contributed by atoms with E-state index in [1.165, 1.54) is 11.1 Å². The monoisotopic (exact) mass is 363 g/mol. The number of carbonyl (C=O) groups excluding carboxylic acids is 1. The van der Waals surface area contributed by atoms with Gasteiger partial charge in [0.2, 0.25) is 0 Å². The molecule has 1 fully saturated rings. The Morgan fingerprint density at radius 1 is 1.08 bits per heavy atom. The third kappa shape index (κ3) is 3.89. The first-order valence-corrected chi connectivity index (χ1v) is 8.68. The number of nitrogens with zero attached hydrogens (tertiary/aromatic N) is 3. The molecule has 1 aromatic carbocycles. The van der Waals surface area contributed by atoms with Gasteiger partial charge in [-0.25, -0.2) is 4.98 Å². The number of piperazine rings is 1. The van der Waals surface area contributed by atoms with Crippen LogP contribution < -0.4 is 0 Å². The van der Waals surface area contributed by atoms with E-state index >= 15 is 0 Å². The number of hydrogen-bond acceptors (Lipinski definition) is 3. The van der Waals surface area contributed by atoms with E-state index in [-0.39, 0.29) is 16.8 Å². The Morgan fingerprint density at radius 2 is 1.79 bits per heavy atom. The van der Waals surface area contributed by atoms with Crippen molar-refractivity contribution in [1.82, 2.24) is 14.8 Å². The summed E-state index contributed by atoms with van der Waals surface area (Å²) in [6.45, 7) is 6.02. The van der Waals surface area contributed by atoms with Crippen LogP contribution in [0.4, 0.5) is 0 Å². The van der Waals surface area contributed by atoms with E-state index in [0.717, 1.165) is 19.6 Å². The largest absolute Gasteiger partial charge is 0.335 e. The number of aromatic nitrogens is 1. The lowest BCUT2D eigenvalue weighted by atomic mass is 10.1. The Bertz CT molecular complexity index is 743. The Balaban J connectivity index is 1.61.